The highest BCUT2D eigenvalue weighted by Crippen LogP contribution is 2.27. The molecule has 0 aromatic heterocycles. The Bertz CT molecular complexity index is 394. The second-order valence-corrected chi connectivity index (χ2v) is 5.69. The number of rotatable bonds is 9. The smallest absolute Gasteiger partial charge is 0.120 e. The summed E-state index contributed by atoms with van der Waals surface area (Å²) in [5.41, 5.74) is 1.27. The number of nitrogens with one attached hydrogen (secondary N) is 1. The van der Waals surface area contributed by atoms with E-state index in [1.807, 2.05) is 0 Å². The molecular formula is C16H27BrN2O. The molecule has 0 saturated heterocycles. The number of hydrogen-bond acceptors (Lipinski definition) is 3. The summed E-state index contributed by atoms with van der Waals surface area (Å²) in [5.74, 6) is 0.927. The molecule has 114 valence electrons. The normalized spacial score (nSPS) is 12.7. The van der Waals surface area contributed by atoms with Crippen LogP contribution in [0.4, 0.5) is 0 Å². The first-order chi connectivity index (χ1) is 9.62. The maximum Gasteiger partial charge on any atom is 0.120 e. The van der Waals surface area contributed by atoms with Gasteiger partial charge < -0.3 is 15.0 Å². The van der Waals surface area contributed by atoms with Crippen molar-refractivity contribution in [3.63, 3.8) is 0 Å². The molecule has 1 N–H and O–H groups in total. The molecule has 1 rings (SSSR count). The fourth-order valence-electron chi connectivity index (χ4n) is 2.20. The van der Waals surface area contributed by atoms with Gasteiger partial charge in [-0.15, -0.1) is 0 Å². The van der Waals surface area contributed by atoms with Gasteiger partial charge >= 0.3 is 0 Å². The minimum absolute atomic E-state index is 0.346. The number of halogens is 1. The predicted octanol–water partition coefficient (Wildman–Crippen LogP) is 3.84. The zero-order valence-electron chi connectivity index (χ0n) is 13.1. The Hall–Kier alpha value is -0.580. The van der Waals surface area contributed by atoms with Gasteiger partial charge in [-0.1, -0.05) is 42.8 Å². The minimum Gasteiger partial charge on any atom is -0.492 e. The third kappa shape index (κ3) is 5.43. The average Bonchev–Trinajstić information content (AvgIpc) is 2.44. The van der Waals surface area contributed by atoms with Gasteiger partial charge in [0.25, 0.3) is 0 Å². The van der Waals surface area contributed by atoms with Crippen molar-refractivity contribution in [1.82, 2.24) is 10.2 Å². The van der Waals surface area contributed by atoms with Gasteiger partial charge in [-0.25, -0.2) is 0 Å². The zero-order valence-corrected chi connectivity index (χ0v) is 14.7. The molecule has 4 heteroatoms. The van der Waals surface area contributed by atoms with E-state index in [0.29, 0.717) is 6.04 Å². The summed E-state index contributed by atoms with van der Waals surface area (Å²) in [4.78, 5) is 2.36. The Kier molecular flexibility index (Phi) is 8.19. The minimum atomic E-state index is 0.346. The van der Waals surface area contributed by atoms with Gasteiger partial charge in [0.05, 0.1) is 0 Å². The summed E-state index contributed by atoms with van der Waals surface area (Å²) in [5, 5.41) is 3.42. The molecule has 3 nitrogen and oxygen atoms in total. The monoisotopic (exact) mass is 342 g/mol. The third-order valence-corrected chi connectivity index (χ3v) is 4.21. The fourth-order valence-corrected chi connectivity index (χ4v) is 2.90. The second-order valence-electron chi connectivity index (χ2n) is 4.84. The van der Waals surface area contributed by atoms with Crippen molar-refractivity contribution in [2.45, 2.75) is 33.7 Å². The van der Waals surface area contributed by atoms with Crippen LogP contribution in [0, 0.1) is 0 Å². The summed E-state index contributed by atoms with van der Waals surface area (Å²) in [6, 6.07) is 6.59. The van der Waals surface area contributed by atoms with Gasteiger partial charge in [0, 0.05) is 17.1 Å². The largest absolute Gasteiger partial charge is 0.492 e. The lowest BCUT2D eigenvalue weighted by Gasteiger charge is -2.19. The van der Waals surface area contributed by atoms with E-state index in [2.05, 4.69) is 72.0 Å². The summed E-state index contributed by atoms with van der Waals surface area (Å²) in [6.45, 7) is 13.5. The quantitative estimate of drug-likeness (QED) is 0.737. The highest BCUT2D eigenvalue weighted by molar-refractivity contribution is 9.10. The zero-order chi connectivity index (χ0) is 15.0. The molecule has 0 spiro atoms. The van der Waals surface area contributed by atoms with E-state index in [0.717, 1.165) is 43.0 Å². The highest BCUT2D eigenvalue weighted by atomic mass is 79.9. The van der Waals surface area contributed by atoms with E-state index in [-0.39, 0.29) is 0 Å². The van der Waals surface area contributed by atoms with Crippen molar-refractivity contribution < 1.29 is 4.74 Å². The van der Waals surface area contributed by atoms with Gasteiger partial charge in [0.2, 0.25) is 0 Å². The molecule has 0 radical (unpaired) electrons. The third-order valence-electron chi connectivity index (χ3n) is 3.52. The van der Waals surface area contributed by atoms with Crippen molar-refractivity contribution in [2.75, 3.05) is 32.8 Å². The van der Waals surface area contributed by atoms with Crippen molar-refractivity contribution in [3.8, 4) is 5.75 Å². The van der Waals surface area contributed by atoms with Crippen LogP contribution in [0.25, 0.3) is 0 Å². The molecule has 1 atom stereocenters. The van der Waals surface area contributed by atoms with Gasteiger partial charge in [-0.05, 0) is 44.3 Å². The molecule has 1 unspecified atom stereocenters. The first kappa shape index (κ1) is 17.5. The van der Waals surface area contributed by atoms with Crippen LogP contribution in [0.2, 0.25) is 0 Å². The van der Waals surface area contributed by atoms with Crippen molar-refractivity contribution >= 4 is 15.9 Å². The van der Waals surface area contributed by atoms with Crippen molar-refractivity contribution in [3.05, 3.63) is 28.2 Å². The van der Waals surface area contributed by atoms with Gasteiger partial charge in [0.1, 0.15) is 12.4 Å². The van der Waals surface area contributed by atoms with E-state index in [1.54, 1.807) is 0 Å². The lowest BCUT2D eigenvalue weighted by molar-refractivity contribution is 0.222. The molecule has 1 aromatic rings. The SMILES string of the molecule is CCNC(C)c1ccc(OCCN(CC)CC)cc1Br. The molecule has 0 amide bonds. The number of likely N-dealkylation sites (N-methyl/N-ethyl adjacent to an activating group) is 1. The van der Waals surface area contributed by atoms with Crippen LogP contribution in [0.1, 0.15) is 39.3 Å². The van der Waals surface area contributed by atoms with Gasteiger partial charge in [0.15, 0.2) is 0 Å². The number of ether oxygens (including phenoxy) is 1. The first-order valence-electron chi connectivity index (χ1n) is 7.50. The van der Waals surface area contributed by atoms with Crippen LogP contribution in [-0.2, 0) is 0 Å². The van der Waals surface area contributed by atoms with E-state index in [9.17, 15) is 0 Å². The van der Waals surface area contributed by atoms with Crippen LogP contribution >= 0.6 is 15.9 Å². The van der Waals surface area contributed by atoms with Gasteiger partial charge in [-0.2, -0.15) is 0 Å². The van der Waals surface area contributed by atoms with Crippen molar-refractivity contribution in [2.24, 2.45) is 0 Å². The van der Waals surface area contributed by atoms with Crippen LogP contribution < -0.4 is 10.1 Å². The summed E-state index contributed by atoms with van der Waals surface area (Å²) in [6.07, 6.45) is 0. The topological polar surface area (TPSA) is 24.5 Å². The lowest BCUT2D eigenvalue weighted by atomic mass is 10.1. The van der Waals surface area contributed by atoms with Crippen LogP contribution in [0.15, 0.2) is 22.7 Å². The Labute approximate surface area is 131 Å². The number of benzene rings is 1. The summed E-state index contributed by atoms with van der Waals surface area (Å²) >= 11 is 3.64. The van der Waals surface area contributed by atoms with E-state index < -0.39 is 0 Å². The molecule has 0 aliphatic carbocycles. The second kappa shape index (κ2) is 9.37. The summed E-state index contributed by atoms with van der Waals surface area (Å²) < 4.78 is 6.93. The molecule has 0 saturated carbocycles. The standard InChI is InChI=1S/C16H27BrN2O/c1-5-18-13(4)15-9-8-14(12-16(15)17)20-11-10-19(6-2)7-3/h8-9,12-13,18H,5-7,10-11H2,1-4H3. The van der Waals surface area contributed by atoms with Crippen LogP contribution in [0.5, 0.6) is 5.75 Å². The first-order valence-corrected chi connectivity index (χ1v) is 8.29. The van der Waals surface area contributed by atoms with Crippen LogP contribution in [0.3, 0.4) is 0 Å². The Morgan fingerprint density at radius 2 is 1.95 bits per heavy atom. The molecule has 1 aromatic carbocycles. The van der Waals surface area contributed by atoms with E-state index >= 15 is 0 Å². The van der Waals surface area contributed by atoms with E-state index in [4.69, 9.17) is 4.74 Å². The average molecular weight is 343 g/mol. The Balaban J connectivity index is 2.55. The van der Waals surface area contributed by atoms with E-state index in [1.165, 1.54) is 5.56 Å². The molecule has 0 fully saturated rings. The van der Waals surface area contributed by atoms with Crippen molar-refractivity contribution in [1.29, 1.82) is 0 Å². The lowest BCUT2D eigenvalue weighted by Crippen LogP contribution is -2.27. The molecular weight excluding hydrogens is 316 g/mol. The summed E-state index contributed by atoms with van der Waals surface area (Å²) in [7, 11) is 0. The Morgan fingerprint density at radius 3 is 2.50 bits per heavy atom. The molecule has 20 heavy (non-hydrogen) atoms. The predicted molar refractivity (Wildman–Crippen MR) is 89.5 cm³/mol. The fraction of sp³-hybridized carbons (Fsp3) is 0.625. The maximum absolute atomic E-state index is 5.82. The number of hydrogen-bond donors (Lipinski definition) is 1. The Morgan fingerprint density at radius 1 is 1.25 bits per heavy atom. The highest BCUT2D eigenvalue weighted by Gasteiger charge is 2.09. The molecule has 0 bridgehead atoms. The molecule has 0 aliphatic heterocycles. The number of nitrogens with zero attached hydrogens (tertiary/aromatic N) is 1. The van der Waals surface area contributed by atoms with Gasteiger partial charge in [-0.3, -0.25) is 0 Å². The molecule has 0 heterocycles. The maximum atomic E-state index is 5.82. The molecule has 0 aliphatic rings. The van der Waals surface area contributed by atoms with Crippen LogP contribution in [-0.4, -0.2) is 37.7 Å².